The number of allylic oxidation sites excluding steroid dienone is 3. The number of aliphatic hydroxyl groups is 2. The second-order valence-corrected chi connectivity index (χ2v) is 18.2. The lowest BCUT2D eigenvalue weighted by Crippen LogP contribution is -2.46. The second kappa shape index (κ2) is 17.6. The fraction of sp³-hybridized carbons (Fsp3) is 0.596. The van der Waals surface area contributed by atoms with E-state index < -0.39 is 71.3 Å². The molecule has 0 unspecified atom stereocenters. The van der Waals surface area contributed by atoms with Crippen LogP contribution in [0, 0.1) is 36.5 Å². The zero-order valence-electron chi connectivity index (χ0n) is 37.3. The lowest BCUT2D eigenvalue weighted by molar-refractivity contribution is -0.160. The molecule has 2 aromatic carbocycles. The first-order chi connectivity index (χ1) is 28.6. The topological polar surface area (TPSA) is 197 Å². The molecule has 1 fully saturated rings. The van der Waals surface area contributed by atoms with Crippen LogP contribution < -0.4 is 15.5 Å². The first kappa shape index (κ1) is 45.9. The summed E-state index contributed by atoms with van der Waals surface area (Å²) < 4.78 is 24.0. The second-order valence-electron chi connectivity index (χ2n) is 18.2. The molecule has 14 heteroatoms. The lowest BCUT2D eigenvalue weighted by Gasteiger charge is -2.38. The van der Waals surface area contributed by atoms with Gasteiger partial charge in [0.1, 0.15) is 23.4 Å². The summed E-state index contributed by atoms with van der Waals surface area (Å²) in [6.45, 7) is 19.7. The van der Waals surface area contributed by atoms with Crippen LogP contribution in [0.15, 0.2) is 46.1 Å². The molecule has 1 saturated heterocycles. The zero-order chi connectivity index (χ0) is 44.9. The lowest BCUT2D eigenvalue weighted by atomic mass is 9.78. The molecular formula is C47H63N3O11. The van der Waals surface area contributed by atoms with Gasteiger partial charge in [-0.25, -0.2) is 0 Å². The Morgan fingerprint density at radius 2 is 1.61 bits per heavy atom. The number of nitrogens with zero attached hydrogens (tertiary/aromatic N) is 3. The Bertz CT molecular complexity index is 2290. The molecule has 0 amide bonds. The summed E-state index contributed by atoms with van der Waals surface area (Å²) in [7, 11) is 1.47. The van der Waals surface area contributed by atoms with E-state index in [-0.39, 0.29) is 56.9 Å². The van der Waals surface area contributed by atoms with Gasteiger partial charge in [-0.1, -0.05) is 59.8 Å². The van der Waals surface area contributed by atoms with Gasteiger partial charge in [-0.05, 0) is 31.4 Å². The van der Waals surface area contributed by atoms with Gasteiger partial charge in [0.2, 0.25) is 0 Å². The summed E-state index contributed by atoms with van der Waals surface area (Å²) in [5.41, 5.74) is -0.115. The quantitative estimate of drug-likeness (QED) is 0.304. The number of hydrogen-bond acceptors (Lipinski definition) is 14. The van der Waals surface area contributed by atoms with Crippen molar-refractivity contribution in [2.45, 2.75) is 124 Å². The Morgan fingerprint density at radius 1 is 0.951 bits per heavy atom. The van der Waals surface area contributed by atoms with Crippen molar-refractivity contribution in [1.29, 1.82) is 0 Å². The third-order valence-corrected chi connectivity index (χ3v) is 13.2. The Labute approximate surface area is 357 Å². The van der Waals surface area contributed by atoms with Crippen molar-refractivity contribution in [3.05, 3.63) is 63.5 Å². The normalized spacial score (nSPS) is 32.8. The van der Waals surface area contributed by atoms with Gasteiger partial charge in [-0.15, -0.1) is 0 Å². The molecule has 0 saturated carbocycles. The van der Waals surface area contributed by atoms with Crippen LogP contribution in [-0.2, 0) is 30.2 Å². The minimum absolute atomic E-state index is 0.0307. The summed E-state index contributed by atoms with van der Waals surface area (Å²) in [5.74, 6) is -5.92. The third kappa shape index (κ3) is 8.61. The minimum atomic E-state index is -1.94. The number of aliphatic hydroxyl groups excluding tert-OH is 2. The number of aromatic hydroxyl groups is 2. The Balaban J connectivity index is 1.54. The first-order valence-electron chi connectivity index (χ1n) is 21.4. The van der Waals surface area contributed by atoms with E-state index in [0.717, 1.165) is 19.6 Å². The van der Waals surface area contributed by atoms with Gasteiger partial charge in [-0.3, -0.25) is 24.4 Å². The number of likely N-dealkylation sites (tertiary alicyclic amines) is 1. The highest BCUT2D eigenvalue weighted by Crippen LogP contribution is 2.49. The molecule has 9 atom stereocenters. The number of carbonyl (C=O) groups is 3. The zero-order valence-corrected chi connectivity index (χ0v) is 37.3. The number of benzene rings is 2. The van der Waals surface area contributed by atoms with Gasteiger partial charge in [0.25, 0.3) is 5.78 Å². The molecule has 2 aromatic rings. The number of ether oxygens (including phenoxy) is 4. The fourth-order valence-corrected chi connectivity index (χ4v) is 9.42. The number of esters is 1. The number of methoxy groups -OCH3 is 1. The molecule has 6 rings (SSSR count). The number of ketones is 2. The average molecular weight is 846 g/mol. The number of carbonyl (C=O) groups excluding carboxylic acids is 3. The highest BCUT2D eigenvalue weighted by molar-refractivity contribution is 6.18. The molecule has 0 radical (unpaired) electrons. The van der Waals surface area contributed by atoms with E-state index in [1.54, 1.807) is 65.8 Å². The van der Waals surface area contributed by atoms with Crippen molar-refractivity contribution in [2.24, 2.45) is 39.6 Å². The smallest absolute Gasteiger partial charge is 0.312 e. The monoisotopic (exact) mass is 845 g/mol. The van der Waals surface area contributed by atoms with E-state index in [1.165, 1.54) is 27.2 Å². The largest absolute Gasteiger partial charge is 0.507 e. The van der Waals surface area contributed by atoms with E-state index in [4.69, 9.17) is 28.9 Å². The van der Waals surface area contributed by atoms with E-state index in [9.17, 15) is 34.8 Å². The van der Waals surface area contributed by atoms with Gasteiger partial charge in [0.05, 0.1) is 46.2 Å². The molecule has 4 aliphatic rings. The van der Waals surface area contributed by atoms with Crippen molar-refractivity contribution in [3.8, 4) is 17.2 Å². The molecule has 4 heterocycles. The molecule has 0 aliphatic carbocycles. The predicted octanol–water partition coefficient (Wildman–Crippen LogP) is 4.92. The summed E-state index contributed by atoms with van der Waals surface area (Å²) in [5, 5.41) is 47.7. The highest BCUT2D eigenvalue weighted by atomic mass is 16.7. The number of rotatable bonds is 4. The molecular weight excluding hydrogens is 783 g/mol. The summed E-state index contributed by atoms with van der Waals surface area (Å²) in [4.78, 5) is 53.9. The van der Waals surface area contributed by atoms with Crippen molar-refractivity contribution in [2.75, 3.05) is 26.7 Å². The molecule has 332 valence electrons. The van der Waals surface area contributed by atoms with Crippen LogP contribution >= 0.6 is 0 Å². The van der Waals surface area contributed by atoms with Crippen molar-refractivity contribution in [3.63, 3.8) is 0 Å². The molecule has 61 heavy (non-hydrogen) atoms. The van der Waals surface area contributed by atoms with Gasteiger partial charge < -0.3 is 44.3 Å². The predicted molar refractivity (Wildman–Crippen MR) is 228 cm³/mol. The number of piperidine rings is 1. The van der Waals surface area contributed by atoms with E-state index in [0.29, 0.717) is 35.0 Å². The van der Waals surface area contributed by atoms with Gasteiger partial charge in [-0.2, -0.15) is 0 Å². The average Bonchev–Trinajstić information content (AvgIpc) is 3.71. The van der Waals surface area contributed by atoms with Gasteiger partial charge >= 0.3 is 11.8 Å². The van der Waals surface area contributed by atoms with Gasteiger partial charge in [0, 0.05) is 100 Å². The summed E-state index contributed by atoms with van der Waals surface area (Å²) >= 11 is 0. The van der Waals surface area contributed by atoms with Crippen molar-refractivity contribution < 1.29 is 53.8 Å². The maximum absolute atomic E-state index is 14.7. The standard InChI is InChI=1S/C47H63N3O11/c1-23(2)22-50-18-16-47(17-19-50)48-37-31-21-32(52)24(3)13-12-14-25(4)39(53)27(6)40(54)28(7)43(60-30(9)51)26(5)33(58-11)15-20-59-46(10)45(57)36-34(38(37)49-47)35(42(31)56)41(55)29(8)44(36)61-46/h12-15,20,23,25-28,33,39-40,43,53-56H,16-19,21-22H2,1-11H3/b14-12+,20-15-,24-13-/t25-,26-,27-,28-,33-,39+,40+,43+,46-/m0/s1. The van der Waals surface area contributed by atoms with Crippen LogP contribution in [0.4, 0.5) is 0 Å². The maximum atomic E-state index is 14.7. The Kier molecular flexibility index (Phi) is 13.3. The SMILES string of the molecule is CO[C@H]1/C=C\O[C@@]2(C)Oc3c(C)c(O)c4c(O)c(c5c(c4c3C2=O)=NC2(CCN(CC(C)C)CC2)N=5)CC(=O)/C(C)=C\C=C\[C@H](C)[C@@H](O)[C@H](C)[C@@H](O)[C@H](C)[C@H](OC(C)=O)[C@H]1C. The van der Waals surface area contributed by atoms with Crippen LogP contribution in [0.3, 0.4) is 0 Å². The first-order valence-corrected chi connectivity index (χ1v) is 21.4. The van der Waals surface area contributed by atoms with Gasteiger partial charge in [0.15, 0.2) is 11.4 Å². The van der Waals surface area contributed by atoms with E-state index in [2.05, 4.69) is 18.7 Å². The van der Waals surface area contributed by atoms with Crippen LogP contribution in [-0.4, -0.2) is 105 Å². The van der Waals surface area contributed by atoms with Crippen molar-refractivity contribution in [1.82, 2.24) is 4.90 Å². The van der Waals surface area contributed by atoms with E-state index >= 15 is 0 Å². The fourth-order valence-electron chi connectivity index (χ4n) is 9.42. The number of phenolic OH excluding ortho intramolecular Hbond substituents is 2. The summed E-state index contributed by atoms with van der Waals surface area (Å²) in [6.07, 6.45) is 5.00. The molecule has 4 aliphatic heterocycles. The Hall–Kier alpha value is -4.63. The van der Waals surface area contributed by atoms with Crippen LogP contribution in [0.2, 0.25) is 0 Å². The minimum Gasteiger partial charge on any atom is -0.507 e. The molecule has 1 spiro atoms. The van der Waals surface area contributed by atoms with Crippen LogP contribution in [0.1, 0.15) is 96.6 Å². The number of hydrogen-bond donors (Lipinski definition) is 4. The highest BCUT2D eigenvalue weighted by Gasteiger charge is 2.50. The number of Topliss-reactive ketones (excluding diaryl/α,β-unsaturated/α-hetero) is 2. The van der Waals surface area contributed by atoms with E-state index in [1.807, 2.05) is 0 Å². The number of phenols is 2. The summed E-state index contributed by atoms with van der Waals surface area (Å²) in [6, 6.07) is 0. The Morgan fingerprint density at radius 3 is 2.23 bits per heavy atom. The molecule has 14 nitrogen and oxygen atoms in total. The van der Waals surface area contributed by atoms with Crippen molar-refractivity contribution >= 4 is 28.3 Å². The maximum Gasteiger partial charge on any atom is 0.312 e. The molecule has 0 aromatic heterocycles. The molecule has 4 N–H and O–H groups in total. The van der Waals surface area contributed by atoms with Crippen LogP contribution in [0.5, 0.6) is 17.2 Å². The number of fused-ring (bicyclic) bond motifs is 1. The molecule has 4 bridgehead atoms. The van der Waals surface area contributed by atoms with Crippen LogP contribution in [0.25, 0.3) is 10.8 Å². The third-order valence-electron chi connectivity index (χ3n) is 13.2.